The molecule has 0 radical (unpaired) electrons. The fraction of sp³-hybridized carbons (Fsp3) is 0.444. The van der Waals surface area contributed by atoms with E-state index in [0.717, 1.165) is 25.2 Å². The van der Waals surface area contributed by atoms with Crippen LogP contribution < -0.4 is 0 Å². The maximum absolute atomic E-state index is 10.6. The minimum atomic E-state index is -0.820. The number of hydrogen-bond donors (Lipinski definition) is 1. The van der Waals surface area contributed by atoms with Gasteiger partial charge in [0, 0.05) is 6.54 Å². The molecule has 1 saturated heterocycles. The van der Waals surface area contributed by atoms with E-state index in [4.69, 9.17) is 5.11 Å². The molecule has 0 atom stereocenters. The zero-order chi connectivity index (χ0) is 9.26. The summed E-state index contributed by atoms with van der Waals surface area (Å²) < 4.78 is 0. The molecular formula is C9H11NO2S. The molecule has 3 nitrogen and oxygen atoms in total. The standard InChI is InChI=1S/C9H11NO2S/c11-9(12)8-4-7(6-13-8)5-10-2-1-3-10/h4,6H,1-3,5H2,(H,11,12). The summed E-state index contributed by atoms with van der Waals surface area (Å²) in [5, 5.41) is 10.6. The summed E-state index contributed by atoms with van der Waals surface area (Å²) in [6, 6.07) is 1.77. The summed E-state index contributed by atoms with van der Waals surface area (Å²) in [6.45, 7) is 3.21. The summed E-state index contributed by atoms with van der Waals surface area (Å²) in [5.41, 5.74) is 1.13. The van der Waals surface area contributed by atoms with Crippen LogP contribution in [0, 0.1) is 0 Å². The molecule has 0 amide bonds. The van der Waals surface area contributed by atoms with Crippen molar-refractivity contribution in [2.45, 2.75) is 13.0 Å². The monoisotopic (exact) mass is 197 g/mol. The predicted molar refractivity (Wildman–Crippen MR) is 51.2 cm³/mol. The van der Waals surface area contributed by atoms with Crippen LogP contribution in [0.25, 0.3) is 0 Å². The summed E-state index contributed by atoms with van der Waals surface area (Å²) >= 11 is 1.31. The highest BCUT2D eigenvalue weighted by molar-refractivity contribution is 7.12. The molecule has 1 N–H and O–H groups in total. The van der Waals surface area contributed by atoms with Crippen LogP contribution >= 0.6 is 11.3 Å². The Kier molecular flexibility index (Phi) is 2.33. The third kappa shape index (κ3) is 1.89. The third-order valence-corrected chi connectivity index (χ3v) is 3.19. The maximum atomic E-state index is 10.6. The Hall–Kier alpha value is -0.870. The lowest BCUT2D eigenvalue weighted by Gasteiger charge is -2.30. The molecule has 0 unspecified atom stereocenters. The molecule has 0 aromatic carbocycles. The van der Waals surface area contributed by atoms with Gasteiger partial charge in [-0.25, -0.2) is 4.79 Å². The molecule has 2 rings (SSSR count). The van der Waals surface area contributed by atoms with Crippen molar-refractivity contribution in [2.24, 2.45) is 0 Å². The Labute approximate surface area is 80.6 Å². The normalized spacial score (nSPS) is 16.9. The molecule has 1 aromatic heterocycles. The SMILES string of the molecule is O=C(O)c1cc(CN2CCC2)cs1. The molecule has 1 aliphatic rings. The summed E-state index contributed by atoms with van der Waals surface area (Å²) in [6.07, 6.45) is 1.27. The molecule has 2 heterocycles. The molecule has 1 fully saturated rings. The van der Waals surface area contributed by atoms with E-state index in [1.165, 1.54) is 17.8 Å². The Morgan fingerprint density at radius 2 is 2.38 bits per heavy atom. The van der Waals surface area contributed by atoms with Gasteiger partial charge in [-0.1, -0.05) is 0 Å². The third-order valence-electron chi connectivity index (χ3n) is 2.22. The van der Waals surface area contributed by atoms with Crippen LogP contribution in [0.4, 0.5) is 0 Å². The molecule has 70 valence electrons. The average molecular weight is 197 g/mol. The van der Waals surface area contributed by atoms with Gasteiger partial charge in [-0.2, -0.15) is 0 Å². The zero-order valence-electron chi connectivity index (χ0n) is 7.19. The van der Waals surface area contributed by atoms with Gasteiger partial charge in [0.05, 0.1) is 0 Å². The van der Waals surface area contributed by atoms with E-state index < -0.39 is 5.97 Å². The van der Waals surface area contributed by atoms with Crippen LogP contribution in [0.1, 0.15) is 21.7 Å². The van der Waals surface area contributed by atoms with E-state index in [9.17, 15) is 4.79 Å². The van der Waals surface area contributed by atoms with Gasteiger partial charge >= 0.3 is 5.97 Å². The average Bonchev–Trinajstić information content (AvgIpc) is 2.44. The number of carbonyl (C=O) groups is 1. The van der Waals surface area contributed by atoms with E-state index in [1.807, 2.05) is 5.38 Å². The van der Waals surface area contributed by atoms with Crippen molar-refractivity contribution in [3.05, 3.63) is 21.9 Å². The van der Waals surface area contributed by atoms with Crippen LogP contribution in [-0.2, 0) is 6.54 Å². The molecule has 4 heteroatoms. The first-order valence-corrected chi connectivity index (χ1v) is 5.17. The highest BCUT2D eigenvalue weighted by Gasteiger charge is 2.15. The molecule has 0 saturated carbocycles. The lowest BCUT2D eigenvalue weighted by Crippen LogP contribution is -2.36. The maximum Gasteiger partial charge on any atom is 0.345 e. The molecule has 13 heavy (non-hydrogen) atoms. The second kappa shape index (κ2) is 3.47. The first-order chi connectivity index (χ1) is 6.25. The smallest absolute Gasteiger partial charge is 0.345 e. The lowest BCUT2D eigenvalue weighted by molar-refractivity contribution is 0.0702. The van der Waals surface area contributed by atoms with E-state index in [-0.39, 0.29) is 0 Å². The zero-order valence-corrected chi connectivity index (χ0v) is 8.01. The van der Waals surface area contributed by atoms with Gasteiger partial charge in [0.2, 0.25) is 0 Å². The Bertz CT molecular complexity index is 317. The summed E-state index contributed by atoms with van der Waals surface area (Å²) in [5.74, 6) is -0.820. The largest absolute Gasteiger partial charge is 0.477 e. The topological polar surface area (TPSA) is 40.5 Å². The van der Waals surface area contributed by atoms with Gasteiger partial charge in [-0.3, -0.25) is 4.90 Å². The fourth-order valence-electron chi connectivity index (χ4n) is 1.37. The minimum absolute atomic E-state index is 0.440. The number of aromatic carboxylic acids is 1. The number of carboxylic acid groups (broad SMARTS) is 1. The first-order valence-electron chi connectivity index (χ1n) is 4.29. The van der Waals surface area contributed by atoms with Crippen molar-refractivity contribution in [3.63, 3.8) is 0 Å². The number of rotatable bonds is 3. The van der Waals surface area contributed by atoms with Crippen molar-refractivity contribution < 1.29 is 9.90 Å². The van der Waals surface area contributed by atoms with Gasteiger partial charge < -0.3 is 5.11 Å². The van der Waals surface area contributed by atoms with Crippen LogP contribution in [0.15, 0.2) is 11.4 Å². The molecule has 0 aliphatic carbocycles. The van der Waals surface area contributed by atoms with Crippen LogP contribution in [0.5, 0.6) is 0 Å². The summed E-state index contributed by atoms with van der Waals surface area (Å²) in [7, 11) is 0. The first kappa shape index (κ1) is 8.72. The predicted octanol–water partition coefficient (Wildman–Crippen LogP) is 1.65. The van der Waals surface area contributed by atoms with Crippen LogP contribution in [0.2, 0.25) is 0 Å². The number of likely N-dealkylation sites (tertiary alicyclic amines) is 1. The Morgan fingerprint density at radius 3 is 2.85 bits per heavy atom. The summed E-state index contributed by atoms with van der Waals surface area (Å²) in [4.78, 5) is 13.3. The molecule has 0 spiro atoms. The van der Waals surface area contributed by atoms with E-state index in [1.54, 1.807) is 6.07 Å². The van der Waals surface area contributed by atoms with Crippen LogP contribution in [-0.4, -0.2) is 29.1 Å². The van der Waals surface area contributed by atoms with Crippen molar-refractivity contribution in [3.8, 4) is 0 Å². The van der Waals surface area contributed by atoms with Gasteiger partial charge in [0.25, 0.3) is 0 Å². The van der Waals surface area contributed by atoms with Gasteiger partial charge in [0.1, 0.15) is 4.88 Å². The molecular weight excluding hydrogens is 186 g/mol. The second-order valence-electron chi connectivity index (χ2n) is 3.25. The second-order valence-corrected chi connectivity index (χ2v) is 4.17. The lowest BCUT2D eigenvalue weighted by atomic mass is 10.2. The van der Waals surface area contributed by atoms with Gasteiger partial charge in [-0.15, -0.1) is 11.3 Å². The quantitative estimate of drug-likeness (QED) is 0.801. The molecule has 1 aliphatic heterocycles. The highest BCUT2D eigenvalue weighted by atomic mass is 32.1. The fourth-order valence-corrected chi connectivity index (χ4v) is 2.11. The molecule has 1 aromatic rings. The highest BCUT2D eigenvalue weighted by Crippen LogP contribution is 2.18. The van der Waals surface area contributed by atoms with E-state index in [0.29, 0.717) is 4.88 Å². The van der Waals surface area contributed by atoms with E-state index >= 15 is 0 Å². The van der Waals surface area contributed by atoms with E-state index in [2.05, 4.69) is 4.90 Å². The minimum Gasteiger partial charge on any atom is -0.477 e. The van der Waals surface area contributed by atoms with Crippen molar-refractivity contribution >= 4 is 17.3 Å². The number of hydrogen-bond acceptors (Lipinski definition) is 3. The molecule has 0 bridgehead atoms. The van der Waals surface area contributed by atoms with Crippen molar-refractivity contribution in [1.82, 2.24) is 4.90 Å². The Morgan fingerprint density at radius 1 is 1.62 bits per heavy atom. The van der Waals surface area contributed by atoms with Gasteiger partial charge in [0.15, 0.2) is 0 Å². The Balaban J connectivity index is 2.00. The number of nitrogens with zero attached hydrogens (tertiary/aromatic N) is 1. The van der Waals surface area contributed by atoms with Crippen molar-refractivity contribution in [2.75, 3.05) is 13.1 Å². The number of carboxylic acids is 1. The van der Waals surface area contributed by atoms with Crippen molar-refractivity contribution in [1.29, 1.82) is 0 Å². The van der Waals surface area contributed by atoms with Crippen LogP contribution in [0.3, 0.4) is 0 Å². The number of thiophene rings is 1. The van der Waals surface area contributed by atoms with Gasteiger partial charge in [-0.05, 0) is 36.5 Å².